The summed E-state index contributed by atoms with van der Waals surface area (Å²) in [4.78, 5) is 13.0. The van der Waals surface area contributed by atoms with E-state index < -0.39 is 0 Å². The van der Waals surface area contributed by atoms with Crippen molar-refractivity contribution >= 4 is 17.7 Å². The van der Waals surface area contributed by atoms with Crippen molar-refractivity contribution in [1.29, 1.82) is 0 Å². The van der Waals surface area contributed by atoms with Crippen molar-refractivity contribution < 1.29 is 23.7 Å². The number of amides is 1. The summed E-state index contributed by atoms with van der Waals surface area (Å²) in [7, 11) is 4.55. The lowest BCUT2D eigenvalue weighted by atomic mass is 10.1. The van der Waals surface area contributed by atoms with E-state index >= 15 is 0 Å². The van der Waals surface area contributed by atoms with Crippen LogP contribution in [0.5, 0.6) is 17.2 Å². The van der Waals surface area contributed by atoms with Crippen LogP contribution < -0.4 is 19.5 Å². The lowest BCUT2D eigenvalue weighted by molar-refractivity contribution is 0.0948. The molecule has 1 amide bonds. The number of nitrogens with zero attached hydrogens (tertiary/aromatic N) is 3. The fourth-order valence-corrected chi connectivity index (χ4v) is 4.92. The molecule has 1 fully saturated rings. The standard InChI is InChI=1S/C25H30N4O5S/c1-31-20-12-18(13-21(32-2)23(20)33-3)24(30)26-14-22-27-28-25(35-16-19-10-7-11-34-19)29(22)15-17-8-5-4-6-9-17/h4-6,8-9,12-13,19H,7,10-11,14-16H2,1-3H3,(H,26,30). The molecule has 0 bridgehead atoms. The summed E-state index contributed by atoms with van der Waals surface area (Å²) < 4.78 is 23.9. The third-order valence-corrected chi connectivity index (χ3v) is 6.83. The minimum Gasteiger partial charge on any atom is -0.493 e. The average molecular weight is 499 g/mol. The molecule has 0 radical (unpaired) electrons. The summed E-state index contributed by atoms with van der Waals surface area (Å²) in [6.07, 6.45) is 2.41. The van der Waals surface area contributed by atoms with E-state index in [1.807, 2.05) is 22.8 Å². The molecule has 3 aromatic rings. The van der Waals surface area contributed by atoms with Crippen molar-refractivity contribution in [3.05, 3.63) is 59.4 Å². The van der Waals surface area contributed by atoms with Gasteiger partial charge in [0.05, 0.1) is 40.5 Å². The number of carbonyl (C=O) groups excluding carboxylic acids is 1. The number of aromatic nitrogens is 3. The number of hydrogen-bond acceptors (Lipinski definition) is 8. The van der Waals surface area contributed by atoms with E-state index in [-0.39, 0.29) is 18.6 Å². The molecular weight excluding hydrogens is 468 g/mol. The predicted molar refractivity (Wildman–Crippen MR) is 133 cm³/mol. The van der Waals surface area contributed by atoms with Gasteiger partial charge in [-0.3, -0.25) is 4.79 Å². The summed E-state index contributed by atoms with van der Waals surface area (Å²) in [5.74, 6) is 2.47. The summed E-state index contributed by atoms with van der Waals surface area (Å²) >= 11 is 1.63. The molecule has 1 unspecified atom stereocenters. The Morgan fingerprint density at radius 3 is 2.49 bits per heavy atom. The Labute approximate surface area is 209 Å². The Hall–Kier alpha value is -3.24. The first-order chi connectivity index (χ1) is 17.1. The van der Waals surface area contributed by atoms with Crippen molar-refractivity contribution in [3.8, 4) is 17.2 Å². The second kappa shape index (κ2) is 11.9. The molecule has 35 heavy (non-hydrogen) atoms. The van der Waals surface area contributed by atoms with Crippen LogP contribution in [0.1, 0.15) is 34.6 Å². The van der Waals surface area contributed by atoms with E-state index in [1.54, 1.807) is 23.9 Å². The Kier molecular flexibility index (Phi) is 8.49. The first kappa shape index (κ1) is 24.9. The smallest absolute Gasteiger partial charge is 0.251 e. The molecule has 10 heteroatoms. The zero-order valence-electron chi connectivity index (χ0n) is 20.2. The fraction of sp³-hybridized carbons (Fsp3) is 0.400. The van der Waals surface area contributed by atoms with Crippen LogP contribution in [0.25, 0.3) is 0 Å². The topological polar surface area (TPSA) is 96.7 Å². The van der Waals surface area contributed by atoms with Gasteiger partial charge < -0.3 is 28.8 Å². The first-order valence-corrected chi connectivity index (χ1v) is 12.4. The molecule has 2 heterocycles. The van der Waals surface area contributed by atoms with Crippen LogP contribution in [0.2, 0.25) is 0 Å². The van der Waals surface area contributed by atoms with Crippen LogP contribution in [0.15, 0.2) is 47.6 Å². The highest BCUT2D eigenvalue weighted by atomic mass is 32.2. The fourth-order valence-electron chi connectivity index (χ4n) is 3.90. The summed E-state index contributed by atoms with van der Waals surface area (Å²) in [5.41, 5.74) is 1.52. The van der Waals surface area contributed by atoms with E-state index in [9.17, 15) is 4.79 Å². The lowest BCUT2D eigenvalue weighted by Gasteiger charge is -2.14. The van der Waals surface area contributed by atoms with Gasteiger partial charge >= 0.3 is 0 Å². The van der Waals surface area contributed by atoms with Crippen molar-refractivity contribution in [2.75, 3.05) is 33.7 Å². The molecule has 1 aromatic heterocycles. The van der Waals surface area contributed by atoms with Crippen LogP contribution in [0, 0.1) is 0 Å². The number of nitrogens with one attached hydrogen (secondary N) is 1. The second-order valence-corrected chi connectivity index (χ2v) is 9.00. The number of thioether (sulfide) groups is 1. The maximum atomic E-state index is 13.0. The second-order valence-electron chi connectivity index (χ2n) is 8.01. The molecule has 0 aliphatic carbocycles. The van der Waals surface area contributed by atoms with Gasteiger partial charge in [-0.25, -0.2) is 0 Å². The quantitative estimate of drug-likeness (QED) is 0.401. The maximum absolute atomic E-state index is 13.0. The molecule has 0 saturated carbocycles. The Morgan fingerprint density at radius 2 is 1.86 bits per heavy atom. The number of hydrogen-bond donors (Lipinski definition) is 1. The first-order valence-electron chi connectivity index (χ1n) is 11.4. The van der Waals surface area contributed by atoms with E-state index in [2.05, 4.69) is 27.6 Å². The number of carbonyl (C=O) groups is 1. The van der Waals surface area contributed by atoms with Crippen LogP contribution >= 0.6 is 11.8 Å². The van der Waals surface area contributed by atoms with Crippen LogP contribution in [0.4, 0.5) is 0 Å². The van der Waals surface area contributed by atoms with Gasteiger partial charge in [-0.05, 0) is 30.5 Å². The van der Waals surface area contributed by atoms with Gasteiger partial charge in [-0.15, -0.1) is 10.2 Å². The summed E-state index contributed by atoms with van der Waals surface area (Å²) in [5, 5.41) is 12.5. The van der Waals surface area contributed by atoms with E-state index in [0.29, 0.717) is 35.2 Å². The molecule has 0 spiro atoms. The van der Waals surface area contributed by atoms with Gasteiger partial charge in [0.15, 0.2) is 22.5 Å². The normalized spacial score (nSPS) is 15.1. The van der Waals surface area contributed by atoms with Crippen LogP contribution in [-0.4, -0.2) is 60.5 Å². The molecule has 2 aromatic carbocycles. The lowest BCUT2D eigenvalue weighted by Crippen LogP contribution is -2.25. The molecule has 1 aliphatic heterocycles. The third-order valence-electron chi connectivity index (χ3n) is 5.73. The zero-order valence-corrected chi connectivity index (χ0v) is 21.0. The molecule has 1 aliphatic rings. The minimum absolute atomic E-state index is 0.218. The molecule has 1 atom stereocenters. The van der Waals surface area contributed by atoms with Gasteiger partial charge in [-0.2, -0.15) is 0 Å². The number of rotatable bonds is 11. The highest BCUT2D eigenvalue weighted by Crippen LogP contribution is 2.38. The van der Waals surface area contributed by atoms with Gasteiger partial charge in [-0.1, -0.05) is 42.1 Å². The van der Waals surface area contributed by atoms with Crippen molar-refractivity contribution in [2.24, 2.45) is 0 Å². The predicted octanol–water partition coefficient (Wildman–Crippen LogP) is 3.55. The van der Waals surface area contributed by atoms with Gasteiger partial charge in [0.1, 0.15) is 0 Å². The average Bonchev–Trinajstić information content (AvgIpc) is 3.55. The van der Waals surface area contributed by atoms with Crippen molar-refractivity contribution in [3.63, 3.8) is 0 Å². The molecule has 9 nitrogen and oxygen atoms in total. The summed E-state index contributed by atoms with van der Waals surface area (Å²) in [6, 6.07) is 13.4. The van der Waals surface area contributed by atoms with Crippen molar-refractivity contribution in [1.82, 2.24) is 20.1 Å². The molecular formula is C25H30N4O5S. The molecule has 186 valence electrons. The van der Waals surface area contributed by atoms with E-state index in [4.69, 9.17) is 18.9 Å². The third kappa shape index (κ3) is 6.07. The molecule has 1 N–H and O–H groups in total. The highest BCUT2D eigenvalue weighted by Gasteiger charge is 2.21. The summed E-state index contributed by atoms with van der Waals surface area (Å²) in [6.45, 7) is 1.65. The largest absolute Gasteiger partial charge is 0.493 e. The number of benzene rings is 2. The Bertz CT molecular complexity index is 1110. The van der Waals surface area contributed by atoms with Crippen LogP contribution in [-0.2, 0) is 17.8 Å². The molecule has 4 rings (SSSR count). The minimum atomic E-state index is -0.285. The molecule has 1 saturated heterocycles. The van der Waals surface area contributed by atoms with Gasteiger partial charge in [0.2, 0.25) is 5.75 Å². The van der Waals surface area contributed by atoms with Crippen LogP contribution in [0.3, 0.4) is 0 Å². The Morgan fingerprint density at radius 1 is 1.11 bits per heavy atom. The maximum Gasteiger partial charge on any atom is 0.251 e. The SMILES string of the molecule is COc1cc(C(=O)NCc2nnc(SCC3CCCO3)n2Cc2ccccc2)cc(OC)c1OC. The number of ether oxygens (including phenoxy) is 4. The zero-order chi connectivity index (χ0) is 24.6. The van der Waals surface area contributed by atoms with Gasteiger partial charge in [0, 0.05) is 17.9 Å². The monoisotopic (exact) mass is 498 g/mol. The highest BCUT2D eigenvalue weighted by molar-refractivity contribution is 7.99. The van der Waals surface area contributed by atoms with E-state index in [0.717, 1.165) is 35.9 Å². The van der Waals surface area contributed by atoms with Gasteiger partial charge in [0.25, 0.3) is 5.91 Å². The number of methoxy groups -OCH3 is 3. The Balaban J connectivity index is 1.51. The van der Waals surface area contributed by atoms with Crippen molar-refractivity contribution in [2.45, 2.75) is 37.2 Å². The van der Waals surface area contributed by atoms with E-state index in [1.165, 1.54) is 21.3 Å².